The highest BCUT2D eigenvalue weighted by Crippen LogP contribution is 2.26. The predicted octanol–water partition coefficient (Wildman–Crippen LogP) is 1.49. The zero-order valence-corrected chi connectivity index (χ0v) is 9.01. The molecule has 0 heterocycles. The van der Waals surface area contributed by atoms with Gasteiger partial charge < -0.3 is 11.1 Å². The summed E-state index contributed by atoms with van der Waals surface area (Å²) in [4.78, 5) is 0. The second kappa shape index (κ2) is 4.92. The minimum absolute atomic E-state index is 0.446. The fourth-order valence-corrected chi connectivity index (χ4v) is 2.69. The predicted molar refractivity (Wildman–Crippen MR) is 59.5 cm³/mol. The molecule has 2 nitrogen and oxygen atoms in total. The van der Waals surface area contributed by atoms with Crippen LogP contribution in [0.2, 0.25) is 0 Å². The second-order valence-corrected chi connectivity index (χ2v) is 4.81. The van der Waals surface area contributed by atoms with Crippen molar-refractivity contribution in [1.29, 1.82) is 0 Å². The summed E-state index contributed by atoms with van der Waals surface area (Å²) in [6.45, 7) is 0. The number of thiocarbonyl (C=S) groups is 1. The van der Waals surface area contributed by atoms with Crippen LogP contribution in [0.5, 0.6) is 0 Å². The molecular weight excluding hydrogens is 188 g/mol. The molecule has 2 atom stereocenters. The van der Waals surface area contributed by atoms with Gasteiger partial charge >= 0.3 is 0 Å². The van der Waals surface area contributed by atoms with E-state index in [-0.39, 0.29) is 0 Å². The molecule has 1 rings (SSSR count). The van der Waals surface area contributed by atoms with E-state index in [0.717, 1.165) is 5.25 Å². The first kappa shape index (κ1) is 10.1. The molecule has 1 aliphatic rings. The summed E-state index contributed by atoms with van der Waals surface area (Å²) in [6, 6.07) is 0.522. The summed E-state index contributed by atoms with van der Waals surface area (Å²) in [5, 5.41) is 4.38. The minimum Gasteiger partial charge on any atom is -0.376 e. The van der Waals surface area contributed by atoms with E-state index < -0.39 is 0 Å². The average Bonchev–Trinajstić information content (AvgIpc) is 2.03. The van der Waals surface area contributed by atoms with Crippen molar-refractivity contribution in [1.82, 2.24) is 5.32 Å². The van der Waals surface area contributed by atoms with Gasteiger partial charge in [0.1, 0.15) is 0 Å². The van der Waals surface area contributed by atoms with Crippen molar-refractivity contribution >= 4 is 29.1 Å². The normalized spacial score (nSPS) is 29.8. The van der Waals surface area contributed by atoms with Crippen molar-refractivity contribution in [2.45, 2.75) is 37.0 Å². The summed E-state index contributed by atoms with van der Waals surface area (Å²) >= 11 is 6.76. The molecule has 3 N–H and O–H groups in total. The van der Waals surface area contributed by atoms with Gasteiger partial charge in [0.05, 0.1) is 0 Å². The summed E-state index contributed by atoms with van der Waals surface area (Å²) < 4.78 is 0. The van der Waals surface area contributed by atoms with E-state index in [0.29, 0.717) is 11.2 Å². The van der Waals surface area contributed by atoms with Crippen LogP contribution in [0.25, 0.3) is 0 Å². The summed E-state index contributed by atoms with van der Waals surface area (Å²) in [7, 11) is 0. The highest BCUT2D eigenvalue weighted by Gasteiger charge is 2.20. The topological polar surface area (TPSA) is 38.0 Å². The number of nitrogens with two attached hydrogens (primary N) is 1. The van der Waals surface area contributed by atoms with E-state index >= 15 is 0 Å². The molecule has 0 saturated heterocycles. The van der Waals surface area contributed by atoms with Gasteiger partial charge in [-0.1, -0.05) is 6.42 Å². The number of rotatable bonds is 2. The van der Waals surface area contributed by atoms with E-state index in [4.69, 9.17) is 18.0 Å². The summed E-state index contributed by atoms with van der Waals surface area (Å²) in [5.74, 6) is 0. The zero-order chi connectivity index (χ0) is 8.97. The van der Waals surface area contributed by atoms with Crippen LogP contribution in [0.15, 0.2) is 0 Å². The van der Waals surface area contributed by atoms with Gasteiger partial charge in [0.25, 0.3) is 0 Å². The number of hydrogen-bond donors (Lipinski definition) is 2. The van der Waals surface area contributed by atoms with Crippen molar-refractivity contribution in [3.63, 3.8) is 0 Å². The molecule has 1 saturated carbocycles. The average molecular weight is 204 g/mol. The lowest BCUT2D eigenvalue weighted by Gasteiger charge is -2.28. The van der Waals surface area contributed by atoms with Crippen LogP contribution in [0.4, 0.5) is 0 Å². The van der Waals surface area contributed by atoms with Gasteiger partial charge in [-0.2, -0.15) is 11.8 Å². The number of thioether (sulfide) groups is 1. The first-order chi connectivity index (χ1) is 5.72. The smallest absolute Gasteiger partial charge is 0.163 e. The standard InChI is InChI=1S/C8H16N2S2/c1-12-7-4-2-3-6(5-7)10-8(9)11/h6-7H,2-5H2,1H3,(H3,9,10,11). The lowest BCUT2D eigenvalue weighted by atomic mass is 9.95. The van der Waals surface area contributed by atoms with Gasteiger partial charge in [-0.05, 0) is 37.7 Å². The van der Waals surface area contributed by atoms with Gasteiger partial charge in [-0.3, -0.25) is 0 Å². The Morgan fingerprint density at radius 1 is 1.58 bits per heavy atom. The Labute approximate surface area is 83.7 Å². The lowest BCUT2D eigenvalue weighted by molar-refractivity contribution is 0.423. The quantitative estimate of drug-likeness (QED) is 0.669. The minimum atomic E-state index is 0.446. The molecule has 0 amide bonds. The fourth-order valence-electron chi connectivity index (χ4n) is 1.69. The SMILES string of the molecule is CSC1CCCC(NC(N)=S)C1. The van der Waals surface area contributed by atoms with Gasteiger partial charge in [0.2, 0.25) is 0 Å². The van der Waals surface area contributed by atoms with Crippen LogP contribution in [-0.2, 0) is 0 Å². The molecule has 0 aromatic carbocycles. The van der Waals surface area contributed by atoms with Gasteiger partial charge in [0, 0.05) is 11.3 Å². The van der Waals surface area contributed by atoms with E-state index in [1.807, 2.05) is 11.8 Å². The van der Waals surface area contributed by atoms with Crippen LogP contribution < -0.4 is 11.1 Å². The highest BCUT2D eigenvalue weighted by molar-refractivity contribution is 7.99. The molecule has 0 aliphatic heterocycles. The molecule has 4 heteroatoms. The maximum atomic E-state index is 5.42. The Balaban J connectivity index is 2.30. The van der Waals surface area contributed by atoms with Crippen molar-refractivity contribution in [3.8, 4) is 0 Å². The molecule has 0 aromatic rings. The molecule has 0 aromatic heterocycles. The first-order valence-electron chi connectivity index (χ1n) is 4.31. The van der Waals surface area contributed by atoms with Gasteiger partial charge in [-0.15, -0.1) is 0 Å². The maximum absolute atomic E-state index is 5.42. The third-order valence-electron chi connectivity index (χ3n) is 2.31. The van der Waals surface area contributed by atoms with E-state index in [1.54, 1.807) is 0 Å². The monoisotopic (exact) mass is 204 g/mol. The number of hydrogen-bond acceptors (Lipinski definition) is 2. The molecule has 1 aliphatic carbocycles. The van der Waals surface area contributed by atoms with Crippen molar-refractivity contribution < 1.29 is 0 Å². The second-order valence-electron chi connectivity index (χ2n) is 3.23. The number of nitrogens with one attached hydrogen (secondary N) is 1. The molecule has 0 bridgehead atoms. The summed E-state index contributed by atoms with van der Waals surface area (Å²) in [5.41, 5.74) is 5.42. The third kappa shape index (κ3) is 3.19. The molecule has 0 radical (unpaired) electrons. The van der Waals surface area contributed by atoms with Gasteiger partial charge in [-0.25, -0.2) is 0 Å². The molecule has 2 unspecified atom stereocenters. The summed E-state index contributed by atoms with van der Waals surface area (Å²) in [6.07, 6.45) is 7.24. The van der Waals surface area contributed by atoms with Crippen LogP contribution in [0, 0.1) is 0 Å². The molecule has 0 spiro atoms. The largest absolute Gasteiger partial charge is 0.376 e. The maximum Gasteiger partial charge on any atom is 0.163 e. The molecular formula is C8H16N2S2. The van der Waals surface area contributed by atoms with Crippen LogP contribution >= 0.6 is 24.0 Å². The van der Waals surface area contributed by atoms with E-state index in [1.165, 1.54) is 25.7 Å². The molecule has 70 valence electrons. The molecule has 12 heavy (non-hydrogen) atoms. The Hall–Kier alpha value is 0.0400. The Bertz CT molecular complexity index is 161. The Kier molecular flexibility index (Phi) is 4.15. The molecule has 1 fully saturated rings. The van der Waals surface area contributed by atoms with E-state index in [2.05, 4.69) is 11.6 Å². The van der Waals surface area contributed by atoms with Crippen molar-refractivity contribution in [2.24, 2.45) is 5.73 Å². The zero-order valence-electron chi connectivity index (χ0n) is 7.38. The fraction of sp³-hybridized carbons (Fsp3) is 0.875. The lowest BCUT2D eigenvalue weighted by Crippen LogP contribution is -2.41. The Morgan fingerprint density at radius 3 is 2.92 bits per heavy atom. The van der Waals surface area contributed by atoms with Crippen LogP contribution in [-0.4, -0.2) is 22.7 Å². The van der Waals surface area contributed by atoms with Crippen LogP contribution in [0.1, 0.15) is 25.7 Å². The van der Waals surface area contributed by atoms with E-state index in [9.17, 15) is 0 Å². The third-order valence-corrected chi connectivity index (χ3v) is 3.52. The van der Waals surface area contributed by atoms with Crippen LogP contribution in [0.3, 0.4) is 0 Å². The highest BCUT2D eigenvalue weighted by atomic mass is 32.2. The van der Waals surface area contributed by atoms with Crippen molar-refractivity contribution in [3.05, 3.63) is 0 Å². The Morgan fingerprint density at radius 2 is 2.33 bits per heavy atom. The first-order valence-corrected chi connectivity index (χ1v) is 6.00. The van der Waals surface area contributed by atoms with Crippen molar-refractivity contribution in [2.75, 3.05) is 6.26 Å². The van der Waals surface area contributed by atoms with Gasteiger partial charge in [0.15, 0.2) is 5.11 Å².